The summed E-state index contributed by atoms with van der Waals surface area (Å²) in [7, 11) is 0. The molecule has 0 heterocycles. The average Bonchev–Trinajstić information content (AvgIpc) is 2.85. The van der Waals surface area contributed by atoms with Crippen LogP contribution in [0, 0.1) is 23.6 Å². The van der Waals surface area contributed by atoms with Crippen LogP contribution in [0.1, 0.15) is 31.7 Å². The van der Waals surface area contributed by atoms with Crippen LogP contribution in [0.2, 0.25) is 5.02 Å². The van der Waals surface area contributed by atoms with Gasteiger partial charge in [0.1, 0.15) is 5.82 Å². The van der Waals surface area contributed by atoms with Crippen LogP contribution in [-0.4, -0.2) is 12.6 Å². The van der Waals surface area contributed by atoms with Gasteiger partial charge in [-0.3, -0.25) is 0 Å². The summed E-state index contributed by atoms with van der Waals surface area (Å²) < 4.78 is 13.9. The van der Waals surface area contributed by atoms with E-state index in [-0.39, 0.29) is 5.82 Å². The molecule has 1 N–H and O–H groups in total. The average molecular weight is 282 g/mol. The van der Waals surface area contributed by atoms with Gasteiger partial charge in [-0.1, -0.05) is 31.0 Å². The van der Waals surface area contributed by atoms with E-state index in [0.717, 1.165) is 30.7 Å². The Morgan fingerprint density at radius 3 is 2.74 bits per heavy atom. The minimum absolute atomic E-state index is 0.166. The molecule has 1 nitrogen and oxygen atoms in total. The Labute approximate surface area is 119 Å². The molecule has 0 aromatic heterocycles. The van der Waals surface area contributed by atoms with Crippen molar-refractivity contribution in [1.82, 2.24) is 5.32 Å². The van der Waals surface area contributed by atoms with Crippen LogP contribution >= 0.6 is 11.6 Å². The third-order valence-corrected chi connectivity index (χ3v) is 5.24. The summed E-state index contributed by atoms with van der Waals surface area (Å²) in [5.41, 5.74) is 0.681. The first-order valence-corrected chi connectivity index (χ1v) is 7.76. The first kappa shape index (κ1) is 13.4. The van der Waals surface area contributed by atoms with Crippen LogP contribution in [0.15, 0.2) is 18.2 Å². The number of nitrogens with one attached hydrogen (secondary N) is 1. The van der Waals surface area contributed by atoms with Crippen LogP contribution in [-0.2, 0) is 6.42 Å². The van der Waals surface area contributed by atoms with E-state index in [4.69, 9.17) is 11.6 Å². The summed E-state index contributed by atoms with van der Waals surface area (Å²) in [4.78, 5) is 0. The normalized spacial score (nSPS) is 30.2. The van der Waals surface area contributed by atoms with Crippen molar-refractivity contribution in [3.63, 3.8) is 0 Å². The Morgan fingerprint density at radius 1 is 1.37 bits per heavy atom. The molecule has 3 rings (SSSR count). The minimum Gasteiger partial charge on any atom is -0.314 e. The molecular weight excluding hydrogens is 261 g/mol. The highest BCUT2D eigenvalue weighted by molar-refractivity contribution is 6.31. The van der Waals surface area contributed by atoms with E-state index in [0.29, 0.717) is 16.6 Å². The summed E-state index contributed by atoms with van der Waals surface area (Å²) in [6.07, 6.45) is 4.83. The second-order valence-corrected chi connectivity index (χ2v) is 6.31. The molecule has 0 bridgehead atoms. The van der Waals surface area contributed by atoms with Gasteiger partial charge in [-0.05, 0) is 55.7 Å². The summed E-state index contributed by atoms with van der Waals surface area (Å²) in [5, 5.41) is 4.11. The number of rotatable bonds is 5. The van der Waals surface area contributed by atoms with Crippen LogP contribution in [0.25, 0.3) is 0 Å². The maximum atomic E-state index is 13.9. The van der Waals surface area contributed by atoms with Gasteiger partial charge in [0.15, 0.2) is 0 Å². The lowest BCUT2D eigenvalue weighted by Gasteiger charge is -2.21. The highest BCUT2D eigenvalue weighted by Crippen LogP contribution is 2.59. The molecule has 0 spiro atoms. The van der Waals surface area contributed by atoms with Gasteiger partial charge >= 0.3 is 0 Å². The van der Waals surface area contributed by atoms with Gasteiger partial charge in [-0.25, -0.2) is 4.39 Å². The Kier molecular flexibility index (Phi) is 3.81. The molecule has 0 aliphatic heterocycles. The van der Waals surface area contributed by atoms with Crippen molar-refractivity contribution in [2.24, 2.45) is 17.8 Å². The lowest BCUT2D eigenvalue weighted by Crippen LogP contribution is -2.35. The molecular formula is C16H21ClFN. The first-order chi connectivity index (χ1) is 9.22. The zero-order valence-electron chi connectivity index (χ0n) is 11.3. The SMILES string of the molecule is CCNC(Cc1c(F)cccc1Cl)C1C2CCCC21. The fourth-order valence-corrected chi connectivity index (χ4v) is 4.27. The predicted molar refractivity (Wildman–Crippen MR) is 76.9 cm³/mol. The lowest BCUT2D eigenvalue weighted by molar-refractivity contribution is 0.406. The quantitative estimate of drug-likeness (QED) is 0.859. The third-order valence-electron chi connectivity index (χ3n) is 4.89. The summed E-state index contributed by atoms with van der Waals surface area (Å²) in [5.74, 6) is 2.34. The molecule has 2 saturated carbocycles. The molecule has 0 amide bonds. The number of hydrogen-bond acceptors (Lipinski definition) is 1. The van der Waals surface area contributed by atoms with Crippen molar-refractivity contribution in [3.8, 4) is 0 Å². The van der Waals surface area contributed by atoms with Crippen molar-refractivity contribution in [2.75, 3.05) is 6.54 Å². The van der Waals surface area contributed by atoms with E-state index in [9.17, 15) is 4.39 Å². The molecule has 1 aromatic rings. The standard InChI is InChI=1S/C16H21ClFN/c1-2-19-15(16-10-5-3-6-11(10)16)9-12-13(17)7-4-8-14(12)18/h4,7-8,10-11,15-16,19H,2-3,5-6,9H2,1H3. The maximum absolute atomic E-state index is 13.9. The highest BCUT2D eigenvalue weighted by atomic mass is 35.5. The van der Waals surface area contributed by atoms with Crippen LogP contribution in [0.5, 0.6) is 0 Å². The van der Waals surface area contributed by atoms with Gasteiger partial charge in [-0.2, -0.15) is 0 Å². The monoisotopic (exact) mass is 281 g/mol. The maximum Gasteiger partial charge on any atom is 0.127 e. The number of benzene rings is 1. The van der Waals surface area contributed by atoms with Gasteiger partial charge in [0.25, 0.3) is 0 Å². The van der Waals surface area contributed by atoms with E-state index in [1.54, 1.807) is 12.1 Å². The van der Waals surface area contributed by atoms with Crippen molar-refractivity contribution in [2.45, 2.75) is 38.6 Å². The summed E-state index contributed by atoms with van der Waals surface area (Å²) >= 11 is 6.15. The van der Waals surface area contributed by atoms with Gasteiger partial charge in [0.05, 0.1) is 0 Å². The number of fused-ring (bicyclic) bond motifs is 1. The Balaban J connectivity index is 1.75. The fraction of sp³-hybridized carbons (Fsp3) is 0.625. The van der Waals surface area contributed by atoms with E-state index in [1.807, 2.05) is 0 Å². The van der Waals surface area contributed by atoms with Gasteiger partial charge in [0.2, 0.25) is 0 Å². The molecule has 3 unspecified atom stereocenters. The van der Waals surface area contributed by atoms with Crippen LogP contribution in [0.3, 0.4) is 0 Å². The number of hydrogen-bond donors (Lipinski definition) is 1. The molecule has 104 valence electrons. The largest absolute Gasteiger partial charge is 0.314 e. The molecule has 1 aromatic carbocycles. The zero-order chi connectivity index (χ0) is 13.4. The highest BCUT2D eigenvalue weighted by Gasteiger charge is 2.55. The Morgan fingerprint density at radius 2 is 2.11 bits per heavy atom. The van der Waals surface area contributed by atoms with Gasteiger partial charge in [-0.15, -0.1) is 0 Å². The van der Waals surface area contributed by atoms with Crippen molar-refractivity contribution < 1.29 is 4.39 Å². The van der Waals surface area contributed by atoms with E-state index < -0.39 is 0 Å². The topological polar surface area (TPSA) is 12.0 Å². The predicted octanol–water partition coefficient (Wildman–Crippen LogP) is 4.05. The van der Waals surface area contributed by atoms with Crippen LogP contribution < -0.4 is 5.32 Å². The second-order valence-electron chi connectivity index (χ2n) is 5.90. The fourth-order valence-electron chi connectivity index (χ4n) is 4.03. The second kappa shape index (κ2) is 5.41. The van der Waals surface area contributed by atoms with E-state index in [1.165, 1.54) is 25.3 Å². The van der Waals surface area contributed by atoms with Crippen LogP contribution in [0.4, 0.5) is 4.39 Å². The lowest BCUT2D eigenvalue weighted by atomic mass is 9.96. The zero-order valence-corrected chi connectivity index (χ0v) is 12.1. The Bertz CT molecular complexity index is 432. The molecule has 2 fully saturated rings. The van der Waals surface area contributed by atoms with E-state index in [2.05, 4.69) is 12.2 Å². The van der Waals surface area contributed by atoms with Crippen molar-refractivity contribution >= 4 is 11.6 Å². The molecule has 0 radical (unpaired) electrons. The summed E-state index contributed by atoms with van der Waals surface area (Å²) in [6.45, 7) is 3.06. The molecule has 2 aliphatic rings. The van der Waals surface area contributed by atoms with Crippen molar-refractivity contribution in [1.29, 1.82) is 0 Å². The Hall–Kier alpha value is -0.600. The van der Waals surface area contributed by atoms with E-state index >= 15 is 0 Å². The van der Waals surface area contributed by atoms with Gasteiger partial charge in [0, 0.05) is 16.6 Å². The number of halogens is 2. The molecule has 3 atom stereocenters. The third kappa shape index (κ3) is 2.53. The number of likely N-dealkylation sites (N-methyl/N-ethyl adjacent to an activating group) is 1. The van der Waals surface area contributed by atoms with Gasteiger partial charge < -0.3 is 5.32 Å². The smallest absolute Gasteiger partial charge is 0.127 e. The molecule has 0 saturated heterocycles. The molecule has 2 aliphatic carbocycles. The minimum atomic E-state index is -0.166. The summed E-state index contributed by atoms with van der Waals surface area (Å²) in [6, 6.07) is 5.36. The van der Waals surface area contributed by atoms with Crippen molar-refractivity contribution in [3.05, 3.63) is 34.6 Å². The first-order valence-electron chi connectivity index (χ1n) is 7.38. The molecule has 19 heavy (non-hydrogen) atoms. The molecule has 3 heteroatoms.